The molecule has 0 aliphatic heterocycles. The molecule has 0 spiro atoms. The van der Waals surface area contributed by atoms with Gasteiger partial charge in [-0.05, 0) is 30.9 Å². The lowest BCUT2D eigenvalue weighted by molar-refractivity contribution is 0.0927. The molecule has 1 atom stereocenters. The van der Waals surface area contributed by atoms with E-state index < -0.39 is 0 Å². The molecule has 5 heteroatoms. The molecule has 1 amide bonds. The van der Waals surface area contributed by atoms with Crippen molar-refractivity contribution in [3.63, 3.8) is 0 Å². The first-order valence-corrected chi connectivity index (χ1v) is 7.10. The molecule has 4 nitrogen and oxygen atoms in total. The molecule has 1 heterocycles. The van der Waals surface area contributed by atoms with E-state index >= 15 is 0 Å². The van der Waals surface area contributed by atoms with Gasteiger partial charge in [0.2, 0.25) is 0 Å². The molecular weight excluding hydrogens is 258 g/mol. The highest BCUT2D eigenvalue weighted by molar-refractivity contribution is 7.80. The van der Waals surface area contributed by atoms with Crippen molar-refractivity contribution in [1.82, 2.24) is 10.3 Å². The van der Waals surface area contributed by atoms with E-state index in [1.54, 1.807) is 24.4 Å². The molecule has 1 aromatic heterocycles. The molecule has 3 N–H and O–H groups in total. The summed E-state index contributed by atoms with van der Waals surface area (Å²) in [5.41, 5.74) is 6.19. The van der Waals surface area contributed by atoms with Crippen molar-refractivity contribution in [2.45, 2.75) is 38.1 Å². The van der Waals surface area contributed by atoms with Crippen LogP contribution in [0.25, 0.3) is 0 Å². The Morgan fingerprint density at radius 3 is 2.68 bits per heavy atom. The first kappa shape index (κ1) is 13.9. The van der Waals surface area contributed by atoms with Crippen LogP contribution in [-0.2, 0) is 0 Å². The molecule has 1 unspecified atom stereocenters. The Labute approximate surface area is 118 Å². The van der Waals surface area contributed by atoms with Crippen molar-refractivity contribution in [3.05, 3.63) is 30.1 Å². The molecule has 0 radical (unpaired) electrons. The van der Waals surface area contributed by atoms with E-state index in [0.717, 1.165) is 12.8 Å². The van der Waals surface area contributed by atoms with E-state index in [9.17, 15) is 4.79 Å². The van der Waals surface area contributed by atoms with Gasteiger partial charge < -0.3 is 11.1 Å². The maximum atomic E-state index is 12.1. The number of nitrogens with one attached hydrogen (secondary N) is 1. The Balaban J connectivity index is 2.04. The van der Waals surface area contributed by atoms with Crippen molar-refractivity contribution in [2.75, 3.05) is 0 Å². The first-order valence-electron chi connectivity index (χ1n) is 6.69. The van der Waals surface area contributed by atoms with Crippen LogP contribution in [0.2, 0.25) is 0 Å². The van der Waals surface area contributed by atoms with Gasteiger partial charge in [-0.15, -0.1) is 0 Å². The number of hydrogen-bond donors (Lipinski definition) is 2. The zero-order chi connectivity index (χ0) is 13.7. The Bertz CT molecular complexity index is 443. The molecule has 1 saturated carbocycles. The SMILES string of the molecule is NC(=S)C(NC(=O)c1ccccn1)C1CCCCC1. The highest BCUT2D eigenvalue weighted by Crippen LogP contribution is 2.26. The molecule has 0 saturated heterocycles. The number of carbonyl (C=O) groups is 1. The average molecular weight is 277 g/mol. The predicted molar refractivity (Wildman–Crippen MR) is 78.9 cm³/mol. The fourth-order valence-corrected chi connectivity index (χ4v) is 2.85. The minimum atomic E-state index is -0.218. The number of nitrogens with two attached hydrogens (primary N) is 1. The van der Waals surface area contributed by atoms with E-state index in [0.29, 0.717) is 16.6 Å². The standard InChI is InChI=1S/C14H19N3OS/c15-13(19)12(10-6-2-1-3-7-10)17-14(18)11-8-4-5-9-16-11/h4-5,8-10,12H,1-3,6-7H2,(H2,15,19)(H,17,18). The van der Waals surface area contributed by atoms with Gasteiger partial charge in [-0.1, -0.05) is 37.5 Å². The summed E-state index contributed by atoms with van der Waals surface area (Å²) in [7, 11) is 0. The second-order valence-electron chi connectivity index (χ2n) is 4.97. The van der Waals surface area contributed by atoms with Crippen molar-refractivity contribution in [1.29, 1.82) is 0 Å². The summed E-state index contributed by atoms with van der Waals surface area (Å²) >= 11 is 5.11. The van der Waals surface area contributed by atoms with Crippen molar-refractivity contribution in [2.24, 2.45) is 11.7 Å². The molecule has 19 heavy (non-hydrogen) atoms. The highest BCUT2D eigenvalue weighted by atomic mass is 32.1. The first-order chi connectivity index (χ1) is 9.18. The number of pyridine rings is 1. The van der Waals surface area contributed by atoms with Gasteiger partial charge in [-0.2, -0.15) is 0 Å². The maximum absolute atomic E-state index is 12.1. The maximum Gasteiger partial charge on any atom is 0.270 e. The molecule has 1 fully saturated rings. The third-order valence-corrected chi connectivity index (χ3v) is 3.87. The number of thiocarbonyl (C=S) groups is 1. The summed E-state index contributed by atoms with van der Waals surface area (Å²) in [5, 5.41) is 2.93. The van der Waals surface area contributed by atoms with Crippen LogP contribution in [0.3, 0.4) is 0 Å². The van der Waals surface area contributed by atoms with Gasteiger partial charge in [-0.25, -0.2) is 0 Å². The number of carbonyl (C=O) groups excluding carboxylic acids is 1. The van der Waals surface area contributed by atoms with Crippen molar-refractivity contribution >= 4 is 23.1 Å². The Morgan fingerprint density at radius 1 is 1.37 bits per heavy atom. The third-order valence-electron chi connectivity index (χ3n) is 3.61. The lowest BCUT2D eigenvalue weighted by Gasteiger charge is -2.30. The lowest BCUT2D eigenvalue weighted by Crippen LogP contribution is -2.49. The molecule has 0 bridgehead atoms. The quantitative estimate of drug-likeness (QED) is 0.827. The zero-order valence-corrected chi connectivity index (χ0v) is 11.7. The molecule has 102 valence electrons. The van der Waals surface area contributed by atoms with Crippen LogP contribution in [0.1, 0.15) is 42.6 Å². The predicted octanol–water partition coefficient (Wildman–Crippen LogP) is 2.05. The van der Waals surface area contributed by atoms with Gasteiger partial charge in [-0.3, -0.25) is 9.78 Å². The molecule has 1 aliphatic carbocycles. The van der Waals surface area contributed by atoms with Crippen LogP contribution in [0.5, 0.6) is 0 Å². The molecule has 1 aliphatic rings. The number of amides is 1. The Kier molecular flexibility index (Phi) is 4.85. The summed E-state index contributed by atoms with van der Waals surface area (Å²) in [6.45, 7) is 0. The number of rotatable bonds is 4. The summed E-state index contributed by atoms with van der Waals surface area (Å²) in [4.78, 5) is 16.5. The average Bonchev–Trinajstić information content (AvgIpc) is 2.46. The van der Waals surface area contributed by atoms with Crippen LogP contribution in [0, 0.1) is 5.92 Å². The third kappa shape index (κ3) is 3.73. The summed E-state index contributed by atoms with van der Waals surface area (Å²) < 4.78 is 0. The molecule has 1 aromatic rings. The molecule has 0 aromatic carbocycles. The number of nitrogens with zero attached hydrogens (tertiary/aromatic N) is 1. The summed E-state index contributed by atoms with van der Waals surface area (Å²) in [6, 6.07) is 5.04. The monoisotopic (exact) mass is 277 g/mol. The summed E-state index contributed by atoms with van der Waals surface area (Å²) in [6.07, 6.45) is 7.38. The van der Waals surface area contributed by atoms with E-state index in [2.05, 4.69) is 10.3 Å². The van der Waals surface area contributed by atoms with Crippen LogP contribution >= 0.6 is 12.2 Å². The van der Waals surface area contributed by atoms with Gasteiger partial charge in [0.25, 0.3) is 5.91 Å². The minimum Gasteiger partial charge on any atom is -0.392 e. The van der Waals surface area contributed by atoms with Gasteiger partial charge in [0, 0.05) is 6.20 Å². The van der Waals surface area contributed by atoms with E-state index in [1.807, 2.05) is 0 Å². The lowest BCUT2D eigenvalue weighted by atomic mass is 9.84. The van der Waals surface area contributed by atoms with Crippen molar-refractivity contribution < 1.29 is 4.79 Å². The van der Waals surface area contributed by atoms with Crippen LogP contribution in [-0.4, -0.2) is 21.9 Å². The number of hydrogen-bond acceptors (Lipinski definition) is 3. The Hall–Kier alpha value is -1.49. The number of aromatic nitrogens is 1. The molecule has 2 rings (SSSR count). The smallest absolute Gasteiger partial charge is 0.270 e. The van der Waals surface area contributed by atoms with E-state index in [-0.39, 0.29) is 11.9 Å². The topological polar surface area (TPSA) is 68.0 Å². The van der Waals surface area contributed by atoms with Gasteiger partial charge in [0.1, 0.15) is 5.69 Å². The van der Waals surface area contributed by atoms with Gasteiger partial charge in [0.05, 0.1) is 11.0 Å². The van der Waals surface area contributed by atoms with Crippen LogP contribution in [0.4, 0.5) is 0 Å². The van der Waals surface area contributed by atoms with Crippen molar-refractivity contribution in [3.8, 4) is 0 Å². The normalized spacial score (nSPS) is 17.7. The summed E-state index contributed by atoms with van der Waals surface area (Å²) in [5.74, 6) is 0.155. The zero-order valence-electron chi connectivity index (χ0n) is 10.8. The largest absolute Gasteiger partial charge is 0.392 e. The van der Waals surface area contributed by atoms with Crippen LogP contribution in [0.15, 0.2) is 24.4 Å². The van der Waals surface area contributed by atoms with Gasteiger partial charge in [0.15, 0.2) is 0 Å². The van der Waals surface area contributed by atoms with Crippen LogP contribution < -0.4 is 11.1 Å². The Morgan fingerprint density at radius 2 is 2.11 bits per heavy atom. The second kappa shape index (κ2) is 6.61. The fraction of sp³-hybridized carbons (Fsp3) is 0.500. The fourth-order valence-electron chi connectivity index (χ4n) is 2.60. The van der Waals surface area contributed by atoms with Gasteiger partial charge >= 0.3 is 0 Å². The van der Waals surface area contributed by atoms with E-state index in [1.165, 1.54) is 19.3 Å². The minimum absolute atomic E-state index is 0.205. The highest BCUT2D eigenvalue weighted by Gasteiger charge is 2.27. The molecular formula is C14H19N3OS. The van der Waals surface area contributed by atoms with E-state index in [4.69, 9.17) is 18.0 Å². The second-order valence-corrected chi connectivity index (χ2v) is 5.44.